The molecule has 2 atom stereocenters. The van der Waals surface area contributed by atoms with E-state index in [2.05, 4.69) is 66.1 Å². The average molecular weight is 413 g/mol. The van der Waals surface area contributed by atoms with Crippen molar-refractivity contribution in [2.75, 3.05) is 19.0 Å². The number of aromatic nitrogens is 1. The van der Waals surface area contributed by atoms with Crippen LogP contribution in [0.5, 0.6) is 0 Å². The van der Waals surface area contributed by atoms with Gasteiger partial charge in [-0.25, -0.2) is 0 Å². The largest absolute Gasteiger partial charge is 0.365 e. The number of likely N-dealkylation sites (N-methyl/N-ethyl adjacent to an activating group) is 2. The number of benzene rings is 1. The van der Waals surface area contributed by atoms with E-state index in [1.807, 2.05) is 31.4 Å². The first-order valence-electron chi connectivity index (χ1n) is 9.42. The summed E-state index contributed by atoms with van der Waals surface area (Å²) in [5.41, 5.74) is 5.61. The number of halogens is 1. The average Bonchev–Trinajstić information content (AvgIpc) is 2.95. The van der Waals surface area contributed by atoms with E-state index in [9.17, 15) is 0 Å². The number of allylic oxidation sites excluding steroid dienone is 1. The molecule has 0 spiro atoms. The molecule has 0 radical (unpaired) electrons. The van der Waals surface area contributed by atoms with Crippen LogP contribution in [0.4, 0.5) is 5.69 Å². The molecular weight excluding hydrogens is 388 g/mol. The number of pyridine rings is 1. The summed E-state index contributed by atoms with van der Waals surface area (Å²) in [5.74, 6) is 0. The van der Waals surface area contributed by atoms with Crippen molar-refractivity contribution in [3.8, 4) is 0 Å². The van der Waals surface area contributed by atoms with Gasteiger partial charge < -0.3 is 15.1 Å². The molecule has 0 bridgehead atoms. The van der Waals surface area contributed by atoms with Gasteiger partial charge in [-0.2, -0.15) is 0 Å². The van der Waals surface area contributed by atoms with E-state index < -0.39 is 0 Å². The Morgan fingerprint density at radius 2 is 1.96 bits per heavy atom. The Labute approximate surface area is 177 Å². The smallest absolute Gasteiger partial charge is 0.169 e. The summed E-state index contributed by atoms with van der Waals surface area (Å²) in [6.07, 6.45) is 4.12. The van der Waals surface area contributed by atoms with Crippen molar-refractivity contribution in [2.24, 2.45) is 0 Å². The Balaban J connectivity index is 1.85. The Hall–Kier alpha value is -2.11. The third-order valence-corrected chi connectivity index (χ3v) is 6.73. The SMILES string of the molecule is CC1=CC(C)(C)N(C)c2cc(Cl)c([C@H]3[C@@H](c4ccccn4)NC(=S)N3C)cc21. The summed E-state index contributed by atoms with van der Waals surface area (Å²) >= 11 is 12.4. The molecule has 4 nitrogen and oxygen atoms in total. The molecule has 2 aromatic rings. The van der Waals surface area contributed by atoms with Gasteiger partial charge >= 0.3 is 0 Å². The van der Waals surface area contributed by atoms with Gasteiger partial charge in [0.15, 0.2) is 5.11 Å². The van der Waals surface area contributed by atoms with Gasteiger partial charge in [0.05, 0.1) is 23.3 Å². The van der Waals surface area contributed by atoms with Crippen LogP contribution in [-0.2, 0) is 0 Å². The summed E-state index contributed by atoms with van der Waals surface area (Å²) in [7, 11) is 4.13. The molecule has 4 rings (SSSR count). The molecule has 1 aromatic heterocycles. The number of hydrogen-bond acceptors (Lipinski definition) is 3. The molecule has 0 aliphatic carbocycles. The molecular formula is C22H25ClN4S. The van der Waals surface area contributed by atoms with Crippen LogP contribution in [0.25, 0.3) is 5.57 Å². The van der Waals surface area contributed by atoms with Crippen LogP contribution in [0.3, 0.4) is 0 Å². The normalized spacial score (nSPS) is 23.4. The van der Waals surface area contributed by atoms with E-state index in [0.29, 0.717) is 5.11 Å². The molecule has 1 aromatic carbocycles. The lowest BCUT2D eigenvalue weighted by atomic mass is 9.86. The van der Waals surface area contributed by atoms with Gasteiger partial charge in [-0.3, -0.25) is 4.98 Å². The van der Waals surface area contributed by atoms with Crippen LogP contribution in [0.2, 0.25) is 5.02 Å². The highest BCUT2D eigenvalue weighted by molar-refractivity contribution is 7.80. The van der Waals surface area contributed by atoms with Crippen molar-refractivity contribution in [1.29, 1.82) is 0 Å². The molecule has 0 amide bonds. The Kier molecular flexibility index (Phi) is 4.63. The maximum Gasteiger partial charge on any atom is 0.169 e. The maximum absolute atomic E-state index is 6.85. The third kappa shape index (κ3) is 2.97. The quantitative estimate of drug-likeness (QED) is 0.704. The van der Waals surface area contributed by atoms with Crippen molar-refractivity contribution < 1.29 is 0 Å². The molecule has 28 heavy (non-hydrogen) atoms. The summed E-state index contributed by atoms with van der Waals surface area (Å²) < 4.78 is 0. The predicted octanol–water partition coefficient (Wildman–Crippen LogP) is 4.97. The molecule has 1 N–H and O–H groups in total. The standard InChI is InChI=1S/C22H25ClN4S/c1-13-12-22(2,3)27(5)18-11-16(23)15(10-14(13)18)20-19(25-21(28)26(20)4)17-8-6-7-9-24-17/h6-12,19-20H,1-5H3,(H,25,28)/t19-,20+/m1/s1. The highest BCUT2D eigenvalue weighted by atomic mass is 35.5. The van der Waals surface area contributed by atoms with Crippen molar-refractivity contribution >= 4 is 40.2 Å². The van der Waals surface area contributed by atoms with E-state index >= 15 is 0 Å². The summed E-state index contributed by atoms with van der Waals surface area (Å²) in [6, 6.07) is 10.2. The zero-order chi connectivity index (χ0) is 20.2. The van der Waals surface area contributed by atoms with Gasteiger partial charge in [-0.05, 0) is 68.4 Å². The van der Waals surface area contributed by atoms with Crippen molar-refractivity contribution in [3.05, 3.63) is 64.4 Å². The first kappa shape index (κ1) is 19.2. The van der Waals surface area contributed by atoms with E-state index in [0.717, 1.165) is 22.0 Å². The molecule has 2 aliphatic heterocycles. The number of nitrogens with one attached hydrogen (secondary N) is 1. The molecule has 2 aliphatic rings. The fourth-order valence-corrected chi connectivity index (χ4v) is 4.77. The summed E-state index contributed by atoms with van der Waals surface area (Å²) in [5, 5.41) is 4.88. The lowest BCUT2D eigenvalue weighted by Crippen LogP contribution is -2.42. The first-order valence-corrected chi connectivity index (χ1v) is 10.2. The summed E-state index contributed by atoms with van der Waals surface area (Å²) in [4.78, 5) is 8.92. The Bertz CT molecular complexity index is 970. The van der Waals surface area contributed by atoms with Gasteiger partial charge in [-0.15, -0.1) is 0 Å². The second-order valence-corrected chi connectivity index (χ2v) is 8.96. The zero-order valence-electron chi connectivity index (χ0n) is 16.8. The molecule has 6 heteroatoms. The van der Waals surface area contributed by atoms with Gasteiger partial charge in [-0.1, -0.05) is 23.7 Å². The number of fused-ring (bicyclic) bond motifs is 1. The van der Waals surface area contributed by atoms with Crippen LogP contribution in [0.15, 0.2) is 42.6 Å². The van der Waals surface area contributed by atoms with Gasteiger partial charge in [0.1, 0.15) is 0 Å². The topological polar surface area (TPSA) is 31.4 Å². The van der Waals surface area contributed by atoms with Gasteiger partial charge in [0.2, 0.25) is 0 Å². The van der Waals surface area contributed by atoms with Crippen LogP contribution >= 0.6 is 23.8 Å². The molecule has 0 saturated carbocycles. The molecule has 1 saturated heterocycles. The van der Waals surface area contributed by atoms with Crippen molar-refractivity contribution in [3.63, 3.8) is 0 Å². The fraction of sp³-hybridized carbons (Fsp3) is 0.364. The second-order valence-electron chi connectivity index (χ2n) is 8.17. The molecule has 3 heterocycles. The minimum atomic E-state index is -0.0499. The van der Waals surface area contributed by atoms with Crippen LogP contribution in [0.1, 0.15) is 49.7 Å². The van der Waals surface area contributed by atoms with Gasteiger partial charge in [0, 0.05) is 36.6 Å². The third-order valence-electron chi connectivity index (χ3n) is 5.99. The zero-order valence-corrected chi connectivity index (χ0v) is 18.4. The molecule has 0 unspecified atom stereocenters. The van der Waals surface area contributed by atoms with Crippen LogP contribution in [0, 0.1) is 0 Å². The van der Waals surface area contributed by atoms with E-state index in [4.69, 9.17) is 23.8 Å². The highest BCUT2D eigenvalue weighted by Crippen LogP contribution is 2.46. The lowest BCUT2D eigenvalue weighted by molar-refractivity contribution is 0.368. The molecule has 1 fully saturated rings. The van der Waals surface area contributed by atoms with Crippen molar-refractivity contribution in [2.45, 2.75) is 38.4 Å². The number of thiocarbonyl (C=S) groups is 1. The predicted molar refractivity (Wildman–Crippen MR) is 121 cm³/mol. The van der Waals surface area contributed by atoms with E-state index in [-0.39, 0.29) is 17.6 Å². The fourth-order valence-electron chi connectivity index (χ4n) is 4.26. The van der Waals surface area contributed by atoms with E-state index in [1.165, 1.54) is 11.1 Å². The van der Waals surface area contributed by atoms with Gasteiger partial charge in [0.25, 0.3) is 0 Å². The van der Waals surface area contributed by atoms with Crippen LogP contribution in [-0.4, -0.2) is 34.6 Å². The Morgan fingerprint density at radius 1 is 1.21 bits per heavy atom. The maximum atomic E-state index is 6.85. The number of anilines is 1. The number of nitrogens with zero attached hydrogens (tertiary/aromatic N) is 3. The number of hydrogen-bond donors (Lipinski definition) is 1. The second kappa shape index (κ2) is 6.75. The summed E-state index contributed by atoms with van der Waals surface area (Å²) in [6.45, 7) is 6.60. The lowest BCUT2D eigenvalue weighted by Gasteiger charge is -2.41. The first-order chi connectivity index (χ1) is 13.2. The van der Waals surface area contributed by atoms with E-state index in [1.54, 1.807) is 0 Å². The van der Waals surface area contributed by atoms with Crippen molar-refractivity contribution in [1.82, 2.24) is 15.2 Å². The number of rotatable bonds is 2. The monoisotopic (exact) mass is 412 g/mol. The minimum absolute atomic E-state index is 0.0201. The minimum Gasteiger partial charge on any atom is -0.365 e. The van der Waals surface area contributed by atoms with Crippen LogP contribution < -0.4 is 10.2 Å². The molecule has 146 valence electrons. The Morgan fingerprint density at radius 3 is 2.64 bits per heavy atom. The highest BCUT2D eigenvalue weighted by Gasteiger charge is 2.40.